The number of anilines is 1. The summed E-state index contributed by atoms with van der Waals surface area (Å²) in [5.41, 5.74) is 0. The van der Waals surface area contributed by atoms with Gasteiger partial charge in [-0.25, -0.2) is 9.97 Å². The van der Waals surface area contributed by atoms with Gasteiger partial charge in [0.25, 0.3) is 0 Å². The zero-order valence-electron chi connectivity index (χ0n) is 11.5. The molecule has 2 aliphatic heterocycles. The van der Waals surface area contributed by atoms with Crippen LogP contribution in [0.2, 0.25) is 0 Å². The van der Waals surface area contributed by atoms with E-state index in [1.165, 1.54) is 12.8 Å². The highest BCUT2D eigenvalue weighted by molar-refractivity contribution is 5.43. The van der Waals surface area contributed by atoms with Crippen molar-refractivity contribution in [3.8, 4) is 5.88 Å². The summed E-state index contributed by atoms with van der Waals surface area (Å²) < 4.78 is 5.60. The van der Waals surface area contributed by atoms with Crippen molar-refractivity contribution in [3.63, 3.8) is 0 Å². The minimum absolute atomic E-state index is 0.586. The van der Waals surface area contributed by atoms with E-state index in [1.807, 2.05) is 6.07 Å². The fourth-order valence-corrected chi connectivity index (χ4v) is 3.13. The molecule has 2 atom stereocenters. The fraction of sp³-hybridized carbons (Fsp3) is 0.714. The highest BCUT2D eigenvalue weighted by atomic mass is 16.5. The molecule has 0 bridgehead atoms. The first-order chi connectivity index (χ1) is 9.38. The number of nitrogens with zero attached hydrogens (tertiary/aromatic N) is 3. The molecule has 104 valence electrons. The largest absolute Gasteiger partial charge is 0.478 e. The van der Waals surface area contributed by atoms with Gasteiger partial charge in [-0.15, -0.1) is 0 Å². The molecule has 19 heavy (non-hydrogen) atoms. The van der Waals surface area contributed by atoms with Gasteiger partial charge in [0.05, 0.1) is 6.61 Å². The van der Waals surface area contributed by atoms with Crippen molar-refractivity contribution in [2.75, 3.05) is 31.1 Å². The number of piperidine rings is 1. The Balaban J connectivity index is 1.76. The van der Waals surface area contributed by atoms with Crippen LogP contribution in [0.5, 0.6) is 5.88 Å². The molecule has 5 nitrogen and oxygen atoms in total. The molecule has 2 aliphatic rings. The molecule has 1 N–H and O–H groups in total. The molecule has 1 aromatic rings. The number of hydrogen-bond acceptors (Lipinski definition) is 5. The second-order valence-corrected chi connectivity index (χ2v) is 5.38. The van der Waals surface area contributed by atoms with Crippen LogP contribution >= 0.6 is 0 Å². The third-order valence-electron chi connectivity index (χ3n) is 4.05. The van der Waals surface area contributed by atoms with Gasteiger partial charge in [-0.05, 0) is 25.2 Å². The van der Waals surface area contributed by atoms with E-state index in [2.05, 4.69) is 27.1 Å². The number of fused-ring (bicyclic) bond motifs is 1. The van der Waals surface area contributed by atoms with Crippen LogP contribution < -0.4 is 15.0 Å². The first kappa shape index (κ1) is 12.7. The smallest absolute Gasteiger partial charge is 0.218 e. The summed E-state index contributed by atoms with van der Waals surface area (Å²) in [6, 6.07) is 2.57. The van der Waals surface area contributed by atoms with E-state index in [-0.39, 0.29) is 0 Å². The lowest BCUT2D eigenvalue weighted by Crippen LogP contribution is -2.45. The molecule has 0 amide bonds. The number of aromatic nitrogens is 2. The Morgan fingerprint density at radius 2 is 2.37 bits per heavy atom. The normalized spacial score (nSPS) is 26.3. The van der Waals surface area contributed by atoms with Crippen LogP contribution in [0.4, 0.5) is 5.82 Å². The average molecular weight is 262 g/mol. The van der Waals surface area contributed by atoms with Gasteiger partial charge < -0.3 is 15.0 Å². The molecule has 0 aliphatic carbocycles. The number of hydrogen-bond donors (Lipinski definition) is 1. The van der Waals surface area contributed by atoms with Crippen LogP contribution in [0.25, 0.3) is 0 Å². The fourth-order valence-electron chi connectivity index (χ4n) is 3.13. The van der Waals surface area contributed by atoms with Gasteiger partial charge in [0, 0.05) is 31.7 Å². The molecule has 0 saturated carbocycles. The highest BCUT2D eigenvalue weighted by Gasteiger charge is 2.35. The van der Waals surface area contributed by atoms with Gasteiger partial charge in [-0.2, -0.15) is 0 Å². The van der Waals surface area contributed by atoms with E-state index < -0.39 is 0 Å². The quantitative estimate of drug-likeness (QED) is 0.890. The summed E-state index contributed by atoms with van der Waals surface area (Å²) in [5.74, 6) is 2.48. The van der Waals surface area contributed by atoms with Crippen molar-refractivity contribution >= 4 is 5.82 Å². The topological polar surface area (TPSA) is 50.3 Å². The van der Waals surface area contributed by atoms with Crippen LogP contribution in [0, 0.1) is 5.92 Å². The van der Waals surface area contributed by atoms with Crippen LogP contribution in [-0.4, -0.2) is 42.3 Å². The van der Waals surface area contributed by atoms with Crippen LogP contribution in [0.1, 0.15) is 26.2 Å². The SMILES string of the molecule is CCCOc1cc(N2CCCC3CNCC32)ncn1. The van der Waals surface area contributed by atoms with Gasteiger partial charge in [-0.1, -0.05) is 6.92 Å². The number of ether oxygens (including phenoxy) is 1. The summed E-state index contributed by atoms with van der Waals surface area (Å²) in [5, 5.41) is 3.50. The lowest BCUT2D eigenvalue weighted by molar-refractivity contribution is 0.304. The molecule has 2 unspecified atom stereocenters. The third-order valence-corrected chi connectivity index (χ3v) is 4.05. The predicted octanol–water partition coefficient (Wildman–Crippen LogP) is 1.45. The molecule has 2 fully saturated rings. The van der Waals surface area contributed by atoms with Gasteiger partial charge in [0.15, 0.2) is 0 Å². The average Bonchev–Trinajstić information content (AvgIpc) is 2.93. The predicted molar refractivity (Wildman–Crippen MR) is 74.5 cm³/mol. The van der Waals surface area contributed by atoms with Crippen LogP contribution in [0.3, 0.4) is 0 Å². The summed E-state index contributed by atoms with van der Waals surface area (Å²) in [4.78, 5) is 11.0. The van der Waals surface area contributed by atoms with Gasteiger partial charge in [0.2, 0.25) is 5.88 Å². The Kier molecular flexibility index (Phi) is 3.82. The molecule has 3 rings (SSSR count). The second kappa shape index (κ2) is 5.74. The first-order valence-corrected chi connectivity index (χ1v) is 7.30. The third kappa shape index (κ3) is 2.66. The van der Waals surface area contributed by atoms with Gasteiger partial charge in [0.1, 0.15) is 12.1 Å². The van der Waals surface area contributed by atoms with Crippen molar-refractivity contribution < 1.29 is 4.74 Å². The molecule has 2 saturated heterocycles. The van der Waals surface area contributed by atoms with E-state index in [1.54, 1.807) is 6.33 Å². The van der Waals surface area contributed by atoms with Crippen molar-refractivity contribution in [2.45, 2.75) is 32.2 Å². The zero-order valence-corrected chi connectivity index (χ0v) is 11.5. The van der Waals surface area contributed by atoms with Gasteiger partial charge in [-0.3, -0.25) is 0 Å². The minimum Gasteiger partial charge on any atom is -0.478 e. The Morgan fingerprint density at radius 3 is 3.26 bits per heavy atom. The highest BCUT2D eigenvalue weighted by Crippen LogP contribution is 2.30. The monoisotopic (exact) mass is 262 g/mol. The lowest BCUT2D eigenvalue weighted by Gasteiger charge is -2.37. The molecule has 5 heteroatoms. The maximum atomic E-state index is 5.60. The maximum absolute atomic E-state index is 5.60. The molecule has 3 heterocycles. The van der Waals surface area contributed by atoms with E-state index in [0.717, 1.165) is 37.8 Å². The minimum atomic E-state index is 0.586. The van der Waals surface area contributed by atoms with Crippen molar-refractivity contribution in [1.82, 2.24) is 15.3 Å². The van der Waals surface area contributed by atoms with E-state index in [0.29, 0.717) is 18.5 Å². The van der Waals surface area contributed by atoms with Gasteiger partial charge >= 0.3 is 0 Å². The lowest BCUT2D eigenvalue weighted by atomic mass is 9.92. The van der Waals surface area contributed by atoms with E-state index >= 15 is 0 Å². The maximum Gasteiger partial charge on any atom is 0.218 e. The Morgan fingerprint density at radius 1 is 1.42 bits per heavy atom. The molecule has 0 spiro atoms. The number of nitrogens with one attached hydrogen (secondary N) is 1. The Labute approximate surface area is 114 Å². The summed E-state index contributed by atoms with van der Waals surface area (Å²) in [6.45, 7) is 6.12. The van der Waals surface area contributed by atoms with E-state index in [4.69, 9.17) is 4.74 Å². The molecule has 0 radical (unpaired) electrons. The van der Waals surface area contributed by atoms with Crippen LogP contribution in [0.15, 0.2) is 12.4 Å². The van der Waals surface area contributed by atoms with E-state index in [9.17, 15) is 0 Å². The second-order valence-electron chi connectivity index (χ2n) is 5.38. The summed E-state index contributed by atoms with van der Waals surface area (Å²) in [7, 11) is 0. The standard InChI is InChI=1S/C14H22N4O/c1-2-6-19-14-7-13(16-10-17-14)18-5-3-4-11-8-15-9-12(11)18/h7,10-12,15H,2-6,8-9H2,1H3. The van der Waals surface area contributed by atoms with Crippen molar-refractivity contribution in [1.29, 1.82) is 0 Å². The molecule has 0 aromatic carbocycles. The summed E-state index contributed by atoms with van der Waals surface area (Å²) in [6.07, 6.45) is 5.19. The number of rotatable bonds is 4. The van der Waals surface area contributed by atoms with Crippen LogP contribution in [-0.2, 0) is 0 Å². The van der Waals surface area contributed by atoms with Crippen molar-refractivity contribution in [2.24, 2.45) is 5.92 Å². The molecule has 1 aromatic heterocycles. The Hall–Kier alpha value is -1.36. The first-order valence-electron chi connectivity index (χ1n) is 7.30. The summed E-state index contributed by atoms with van der Waals surface area (Å²) >= 11 is 0. The molecular weight excluding hydrogens is 240 g/mol. The Bertz CT molecular complexity index is 426. The van der Waals surface area contributed by atoms with Crippen molar-refractivity contribution in [3.05, 3.63) is 12.4 Å². The molecular formula is C14H22N4O. The zero-order chi connectivity index (χ0) is 13.1.